The molecule has 0 unspecified atom stereocenters. The molecule has 0 saturated carbocycles. The van der Waals surface area contributed by atoms with Gasteiger partial charge in [-0.2, -0.15) is 0 Å². The van der Waals surface area contributed by atoms with E-state index >= 15 is 0 Å². The van der Waals surface area contributed by atoms with Crippen molar-refractivity contribution in [3.63, 3.8) is 0 Å². The molecule has 4 nitrogen and oxygen atoms in total. The van der Waals surface area contributed by atoms with Crippen molar-refractivity contribution in [2.24, 2.45) is 0 Å². The van der Waals surface area contributed by atoms with E-state index in [0.717, 1.165) is 16.5 Å². The molecule has 4 heteroatoms. The van der Waals surface area contributed by atoms with Gasteiger partial charge in [0.25, 0.3) is 5.56 Å². The van der Waals surface area contributed by atoms with E-state index in [1.807, 2.05) is 51.1 Å². The topological polar surface area (TPSA) is 58.6 Å². The van der Waals surface area contributed by atoms with Gasteiger partial charge in [0.1, 0.15) is 5.82 Å². The first-order chi connectivity index (χ1) is 9.93. The van der Waals surface area contributed by atoms with Crippen molar-refractivity contribution in [1.82, 2.24) is 15.0 Å². The Morgan fingerprint density at radius 1 is 1.10 bits per heavy atom. The van der Waals surface area contributed by atoms with Crippen molar-refractivity contribution < 1.29 is 0 Å². The molecular weight excluding hydrogens is 262 g/mol. The van der Waals surface area contributed by atoms with Crippen LogP contribution in [-0.4, -0.2) is 15.0 Å². The maximum Gasteiger partial charge on any atom is 0.251 e. The first-order valence-electron chi connectivity index (χ1n) is 6.90. The lowest BCUT2D eigenvalue weighted by Gasteiger charge is -2.17. The Labute approximate surface area is 122 Å². The fraction of sp³-hybridized carbons (Fsp3) is 0.235. The molecule has 0 fully saturated rings. The van der Waals surface area contributed by atoms with Crippen LogP contribution in [0, 0.1) is 0 Å². The monoisotopic (exact) mass is 279 g/mol. The SMILES string of the molecule is CC(C)(C)c1nc(-c2cnc3ccccc3c2)cc(=O)[nH]1. The van der Waals surface area contributed by atoms with E-state index in [-0.39, 0.29) is 11.0 Å². The molecule has 0 amide bonds. The second-order valence-corrected chi connectivity index (χ2v) is 6.15. The summed E-state index contributed by atoms with van der Waals surface area (Å²) < 4.78 is 0. The Morgan fingerprint density at radius 3 is 2.62 bits per heavy atom. The van der Waals surface area contributed by atoms with E-state index in [4.69, 9.17) is 0 Å². The van der Waals surface area contributed by atoms with E-state index < -0.39 is 0 Å². The second kappa shape index (κ2) is 4.81. The molecule has 1 aromatic carbocycles. The van der Waals surface area contributed by atoms with Gasteiger partial charge in [-0.25, -0.2) is 4.98 Å². The smallest absolute Gasteiger partial charge is 0.251 e. The highest BCUT2D eigenvalue weighted by atomic mass is 16.1. The Hall–Kier alpha value is -2.49. The molecule has 106 valence electrons. The van der Waals surface area contributed by atoms with E-state index in [0.29, 0.717) is 11.5 Å². The standard InChI is InChI=1S/C17H17N3O/c1-17(2,3)16-19-14(9-15(21)20-16)12-8-11-6-4-5-7-13(11)18-10-12/h4-10H,1-3H3,(H,19,20,21). The van der Waals surface area contributed by atoms with E-state index in [1.54, 1.807) is 6.20 Å². The number of benzene rings is 1. The summed E-state index contributed by atoms with van der Waals surface area (Å²) in [6.45, 7) is 6.06. The van der Waals surface area contributed by atoms with Gasteiger partial charge in [0.05, 0.1) is 11.2 Å². The van der Waals surface area contributed by atoms with Crippen LogP contribution in [0.2, 0.25) is 0 Å². The molecule has 0 aliphatic heterocycles. The molecule has 3 aromatic rings. The number of hydrogen-bond acceptors (Lipinski definition) is 3. The van der Waals surface area contributed by atoms with Crippen LogP contribution < -0.4 is 5.56 Å². The number of rotatable bonds is 1. The molecule has 0 atom stereocenters. The normalized spacial score (nSPS) is 11.8. The first-order valence-corrected chi connectivity index (χ1v) is 6.90. The fourth-order valence-electron chi connectivity index (χ4n) is 2.17. The van der Waals surface area contributed by atoms with Crippen molar-refractivity contribution in [3.8, 4) is 11.3 Å². The van der Waals surface area contributed by atoms with Crippen molar-refractivity contribution in [2.75, 3.05) is 0 Å². The second-order valence-electron chi connectivity index (χ2n) is 6.15. The molecule has 0 radical (unpaired) electrons. The number of hydrogen-bond donors (Lipinski definition) is 1. The number of H-pyrrole nitrogens is 1. The van der Waals surface area contributed by atoms with Crippen LogP contribution >= 0.6 is 0 Å². The van der Waals surface area contributed by atoms with E-state index in [9.17, 15) is 4.79 Å². The van der Waals surface area contributed by atoms with E-state index in [2.05, 4.69) is 15.0 Å². The molecule has 3 rings (SSSR count). The molecule has 21 heavy (non-hydrogen) atoms. The van der Waals surface area contributed by atoms with Crippen LogP contribution in [0.25, 0.3) is 22.2 Å². The minimum absolute atomic E-state index is 0.141. The third-order valence-electron chi connectivity index (χ3n) is 3.34. The molecular formula is C17H17N3O. The lowest BCUT2D eigenvalue weighted by atomic mass is 9.95. The molecule has 2 heterocycles. The average molecular weight is 279 g/mol. The zero-order valence-electron chi connectivity index (χ0n) is 12.3. The number of aromatic amines is 1. The summed E-state index contributed by atoms with van der Waals surface area (Å²) in [5, 5.41) is 1.04. The summed E-state index contributed by atoms with van der Waals surface area (Å²) in [5.41, 5.74) is 2.09. The predicted molar refractivity (Wildman–Crippen MR) is 84.3 cm³/mol. The highest BCUT2D eigenvalue weighted by molar-refractivity contribution is 5.82. The maximum absolute atomic E-state index is 11.9. The van der Waals surface area contributed by atoms with Crippen LogP contribution in [0.5, 0.6) is 0 Å². The Kier molecular flexibility index (Phi) is 3.09. The molecule has 0 spiro atoms. The van der Waals surface area contributed by atoms with Gasteiger partial charge in [0, 0.05) is 28.6 Å². The minimum atomic E-state index is -0.209. The first kappa shape index (κ1) is 13.5. The van der Waals surface area contributed by atoms with Gasteiger partial charge in [0.15, 0.2) is 0 Å². The van der Waals surface area contributed by atoms with Crippen molar-refractivity contribution in [3.05, 3.63) is 58.8 Å². The van der Waals surface area contributed by atoms with Gasteiger partial charge in [0.2, 0.25) is 0 Å². The van der Waals surface area contributed by atoms with Gasteiger partial charge < -0.3 is 4.98 Å². The van der Waals surface area contributed by atoms with Gasteiger partial charge >= 0.3 is 0 Å². The third kappa shape index (κ3) is 2.70. The van der Waals surface area contributed by atoms with Crippen LogP contribution in [0.3, 0.4) is 0 Å². The number of aromatic nitrogens is 3. The molecule has 0 aliphatic carbocycles. The summed E-state index contributed by atoms with van der Waals surface area (Å²) in [6, 6.07) is 11.4. The maximum atomic E-state index is 11.9. The number of nitrogens with zero attached hydrogens (tertiary/aromatic N) is 2. The van der Waals surface area contributed by atoms with Crippen LogP contribution in [-0.2, 0) is 5.41 Å². The number of nitrogens with one attached hydrogen (secondary N) is 1. The summed E-state index contributed by atoms with van der Waals surface area (Å²) >= 11 is 0. The van der Waals surface area contributed by atoms with Gasteiger partial charge in [-0.3, -0.25) is 9.78 Å². The Bertz CT molecular complexity index is 860. The quantitative estimate of drug-likeness (QED) is 0.743. The Balaban J connectivity index is 2.18. The highest BCUT2D eigenvalue weighted by Gasteiger charge is 2.18. The summed E-state index contributed by atoms with van der Waals surface area (Å²) in [6.07, 6.45) is 1.76. The lowest BCUT2D eigenvalue weighted by molar-refractivity contribution is 0.543. The zero-order chi connectivity index (χ0) is 15.0. The van der Waals surface area contributed by atoms with Gasteiger partial charge in [-0.05, 0) is 12.1 Å². The number of pyridine rings is 1. The third-order valence-corrected chi connectivity index (χ3v) is 3.34. The van der Waals surface area contributed by atoms with E-state index in [1.165, 1.54) is 6.07 Å². The number of para-hydroxylation sites is 1. The highest BCUT2D eigenvalue weighted by Crippen LogP contribution is 2.23. The molecule has 1 N–H and O–H groups in total. The molecule has 2 aromatic heterocycles. The van der Waals surface area contributed by atoms with Crippen LogP contribution in [0.15, 0.2) is 47.4 Å². The Morgan fingerprint density at radius 2 is 1.86 bits per heavy atom. The van der Waals surface area contributed by atoms with Crippen LogP contribution in [0.1, 0.15) is 26.6 Å². The fourth-order valence-corrected chi connectivity index (χ4v) is 2.17. The molecule has 0 bridgehead atoms. The predicted octanol–water partition coefficient (Wildman–Crippen LogP) is 3.28. The molecule has 0 aliphatic rings. The summed E-state index contributed by atoms with van der Waals surface area (Å²) in [5.74, 6) is 0.679. The van der Waals surface area contributed by atoms with Gasteiger partial charge in [-0.1, -0.05) is 39.0 Å². The van der Waals surface area contributed by atoms with Crippen LogP contribution in [0.4, 0.5) is 0 Å². The minimum Gasteiger partial charge on any atom is -0.310 e. The van der Waals surface area contributed by atoms with Gasteiger partial charge in [-0.15, -0.1) is 0 Å². The largest absolute Gasteiger partial charge is 0.310 e. The zero-order valence-corrected chi connectivity index (χ0v) is 12.3. The van der Waals surface area contributed by atoms with Crippen molar-refractivity contribution in [1.29, 1.82) is 0 Å². The lowest BCUT2D eigenvalue weighted by Crippen LogP contribution is -2.21. The number of fused-ring (bicyclic) bond motifs is 1. The van der Waals surface area contributed by atoms with Crippen molar-refractivity contribution >= 4 is 10.9 Å². The van der Waals surface area contributed by atoms with Crippen molar-refractivity contribution in [2.45, 2.75) is 26.2 Å². The average Bonchev–Trinajstić information content (AvgIpc) is 2.45. The summed E-state index contributed by atoms with van der Waals surface area (Å²) in [4.78, 5) is 23.7. The molecule has 0 saturated heterocycles. The summed E-state index contributed by atoms with van der Waals surface area (Å²) in [7, 11) is 0.